The molecule has 1 saturated heterocycles. The van der Waals surface area contributed by atoms with Gasteiger partial charge in [0.25, 0.3) is 0 Å². The lowest BCUT2D eigenvalue weighted by molar-refractivity contribution is -0.209. The second-order valence-electron chi connectivity index (χ2n) is 15.0. The molecule has 7 heteroatoms. The molecule has 2 unspecified atom stereocenters. The number of allylic oxidation sites excluding steroid dienone is 2. The Morgan fingerprint density at radius 1 is 1.24 bits per heavy atom. The van der Waals surface area contributed by atoms with Crippen molar-refractivity contribution >= 4 is 11.9 Å². The van der Waals surface area contributed by atoms with E-state index in [-0.39, 0.29) is 53.5 Å². The lowest BCUT2D eigenvalue weighted by Crippen LogP contribution is -2.63. The third-order valence-corrected chi connectivity index (χ3v) is 11.5. The van der Waals surface area contributed by atoms with Crippen LogP contribution in [0.2, 0.25) is 0 Å². The third-order valence-electron chi connectivity index (χ3n) is 11.5. The number of carbonyl (C=O) groups is 2. The van der Waals surface area contributed by atoms with Crippen LogP contribution in [0.1, 0.15) is 100 Å². The molecule has 0 bridgehead atoms. The van der Waals surface area contributed by atoms with Crippen molar-refractivity contribution in [2.45, 2.75) is 130 Å². The van der Waals surface area contributed by atoms with Crippen LogP contribution in [0.5, 0.6) is 0 Å². The van der Waals surface area contributed by atoms with E-state index in [1.54, 1.807) is 13.8 Å². The molecule has 0 aromatic carbocycles. The minimum atomic E-state index is -1.76. The highest BCUT2D eigenvalue weighted by atomic mass is 16.6. The molecule has 2 saturated carbocycles. The van der Waals surface area contributed by atoms with Crippen LogP contribution in [0.25, 0.3) is 0 Å². The maximum atomic E-state index is 13.2. The lowest BCUT2D eigenvalue weighted by Gasteiger charge is -2.54. The molecular formula is C34H54O7. The number of aliphatic hydroxyl groups is 3. The maximum absolute atomic E-state index is 13.2. The third kappa shape index (κ3) is 5.80. The summed E-state index contributed by atoms with van der Waals surface area (Å²) in [4.78, 5) is 25.8. The number of hydrogen-bond acceptors (Lipinski definition) is 7. The lowest BCUT2D eigenvalue weighted by atomic mass is 9.53. The standard InChI is InChI=1S/C34H54O7/c1-10-19(4)14-33(9,38)17-28(35)41-27-16-32(8)15-24-20(5)11-12-25-22(7)40-31(37)30(36)34(25,39)21(6)23(24)13-26(32)29(27)18(2)3/h11,18-19,22-27,29-30,36,38-39H,6,10,12-17H2,1-5,7-9H3/b20-11-/t19?,22-,23+,24+,25-,26-,27+,29+,30+,32-,33?,34+/m0/s1. The van der Waals surface area contributed by atoms with Crippen molar-refractivity contribution in [3.05, 3.63) is 23.8 Å². The van der Waals surface area contributed by atoms with Gasteiger partial charge in [0.1, 0.15) is 17.8 Å². The summed E-state index contributed by atoms with van der Waals surface area (Å²) in [6, 6.07) is 0. The zero-order chi connectivity index (χ0) is 30.7. The minimum absolute atomic E-state index is 0.0233. The fourth-order valence-electron chi connectivity index (χ4n) is 9.21. The SMILES string of the molecule is C=C1[C@H]2C[C@H]3[C@@H](C(C)C)[C@H](OC(=O)CC(C)(O)CC(C)CC)C[C@]3(C)C[C@@H]2/C(C)=C\C[C@H]2[C@H](C)OC(=O)[C@@H](O)[C@@]12O. The van der Waals surface area contributed by atoms with Crippen LogP contribution in [0.4, 0.5) is 0 Å². The van der Waals surface area contributed by atoms with Crippen LogP contribution in [0.3, 0.4) is 0 Å². The summed E-state index contributed by atoms with van der Waals surface area (Å²) in [7, 11) is 0. The molecule has 1 heterocycles. The molecule has 4 rings (SSSR count). The van der Waals surface area contributed by atoms with Crippen LogP contribution in [0.15, 0.2) is 23.8 Å². The van der Waals surface area contributed by atoms with Crippen LogP contribution < -0.4 is 0 Å². The van der Waals surface area contributed by atoms with Gasteiger partial charge < -0.3 is 24.8 Å². The fourth-order valence-corrected chi connectivity index (χ4v) is 9.21. The summed E-state index contributed by atoms with van der Waals surface area (Å²) in [5, 5.41) is 34.0. The monoisotopic (exact) mass is 574 g/mol. The molecular weight excluding hydrogens is 520 g/mol. The average molecular weight is 575 g/mol. The van der Waals surface area contributed by atoms with Gasteiger partial charge in [-0.15, -0.1) is 0 Å². The second kappa shape index (κ2) is 11.4. The van der Waals surface area contributed by atoms with Gasteiger partial charge in [-0.3, -0.25) is 4.79 Å². The van der Waals surface area contributed by atoms with Crippen molar-refractivity contribution in [3.8, 4) is 0 Å². The molecule has 0 aromatic heterocycles. The number of fused-ring (bicyclic) bond motifs is 3. The summed E-state index contributed by atoms with van der Waals surface area (Å²) < 4.78 is 11.6. The molecule has 232 valence electrons. The molecule has 4 aliphatic rings. The van der Waals surface area contributed by atoms with Crippen molar-refractivity contribution in [2.24, 2.45) is 46.8 Å². The normalized spacial score (nSPS) is 44.2. The van der Waals surface area contributed by atoms with Gasteiger partial charge in [-0.1, -0.05) is 59.3 Å². The molecule has 0 amide bonds. The molecule has 3 N–H and O–H groups in total. The Hall–Kier alpha value is -1.70. The van der Waals surface area contributed by atoms with Crippen molar-refractivity contribution in [2.75, 3.05) is 0 Å². The first-order valence-electron chi connectivity index (χ1n) is 15.8. The van der Waals surface area contributed by atoms with E-state index in [1.165, 1.54) is 5.57 Å². The highest BCUT2D eigenvalue weighted by molar-refractivity contribution is 5.78. The van der Waals surface area contributed by atoms with Gasteiger partial charge in [0.2, 0.25) is 0 Å². The van der Waals surface area contributed by atoms with Gasteiger partial charge in [-0.05, 0) is 93.5 Å². The van der Waals surface area contributed by atoms with Gasteiger partial charge in [-0.2, -0.15) is 0 Å². The zero-order valence-electron chi connectivity index (χ0n) is 26.5. The fraction of sp³-hybridized carbons (Fsp3) is 0.824. The van der Waals surface area contributed by atoms with E-state index in [0.29, 0.717) is 24.3 Å². The Morgan fingerprint density at radius 3 is 2.51 bits per heavy atom. The first-order chi connectivity index (χ1) is 18.9. The molecule has 3 fully saturated rings. The van der Waals surface area contributed by atoms with Crippen LogP contribution >= 0.6 is 0 Å². The predicted octanol–water partition coefficient (Wildman–Crippen LogP) is 5.36. The second-order valence-corrected chi connectivity index (χ2v) is 15.0. The molecule has 0 radical (unpaired) electrons. The van der Waals surface area contributed by atoms with E-state index in [1.807, 2.05) is 0 Å². The quantitative estimate of drug-likeness (QED) is 0.277. The van der Waals surface area contributed by atoms with Gasteiger partial charge >= 0.3 is 11.9 Å². The van der Waals surface area contributed by atoms with E-state index in [2.05, 4.69) is 54.2 Å². The van der Waals surface area contributed by atoms with Crippen LogP contribution in [0, 0.1) is 46.8 Å². The smallest absolute Gasteiger partial charge is 0.338 e. The maximum Gasteiger partial charge on any atom is 0.338 e. The van der Waals surface area contributed by atoms with E-state index in [4.69, 9.17) is 9.47 Å². The minimum Gasteiger partial charge on any atom is -0.462 e. The first kappa shape index (κ1) is 32.2. The number of aliphatic hydroxyl groups excluding tert-OH is 1. The highest BCUT2D eigenvalue weighted by Gasteiger charge is 2.62. The largest absolute Gasteiger partial charge is 0.462 e. The number of esters is 2. The van der Waals surface area contributed by atoms with E-state index >= 15 is 0 Å². The van der Waals surface area contributed by atoms with E-state index in [0.717, 1.165) is 25.7 Å². The summed E-state index contributed by atoms with van der Waals surface area (Å²) in [6.07, 6.45) is 3.98. The molecule has 1 aliphatic heterocycles. The van der Waals surface area contributed by atoms with Gasteiger partial charge in [0, 0.05) is 11.8 Å². The molecule has 0 aromatic rings. The number of rotatable bonds is 7. The van der Waals surface area contributed by atoms with Gasteiger partial charge in [0.05, 0.1) is 12.0 Å². The Balaban J connectivity index is 1.62. The number of carbonyl (C=O) groups excluding carboxylic acids is 2. The van der Waals surface area contributed by atoms with Crippen LogP contribution in [-0.2, 0) is 19.1 Å². The molecule has 0 spiro atoms. The van der Waals surface area contributed by atoms with Crippen molar-refractivity contribution in [1.29, 1.82) is 0 Å². The molecule has 41 heavy (non-hydrogen) atoms. The Morgan fingerprint density at radius 2 is 1.90 bits per heavy atom. The number of cyclic esters (lactones) is 1. The summed E-state index contributed by atoms with van der Waals surface area (Å²) >= 11 is 0. The zero-order valence-corrected chi connectivity index (χ0v) is 26.5. The summed E-state index contributed by atoms with van der Waals surface area (Å²) in [5.74, 6) is -0.766. The number of hydrogen-bond donors (Lipinski definition) is 3. The molecule has 7 nitrogen and oxygen atoms in total. The first-order valence-corrected chi connectivity index (χ1v) is 15.8. The Bertz CT molecular complexity index is 1060. The van der Waals surface area contributed by atoms with Gasteiger partial charge in [-0.25, -0.2) is 4.79 Å². The predicted molar refractivity (Wildman–Crippen MR) is 157 cm³/mol. The van der Waals surface area contributed by atoms with E-state index in [9.17, 15) is 24.9 Å². The van der Waals surface area contributed by atoms with Crippen molar-refractivity contribution < 1.29 is 34.4 Å². The van der Waals surface area contributed by atoms with Crippen molar-refractivity contribution in [1.82, 2.24) is 0 Å². The Kier molecular flexibility index (Phi) is 8.98. The summed E-state index contributed by atoms with van der Waals surface area (Å²) in [6.45, 7) is 20.9. The molecule has 3 aliphatic carbocycles. The number of ether oxygens (including phenoxy) is 2. The topological polar surface area (TPSA) is 113 Å². The average Bonchev–Trinajstić information content (AvgIpc) is 3.15. The molecule has 12 atom stereocenters. The summed E-state index contributed by atoms with van der Waals surface area (Å²) in [5.41, 5.74) is -1.19. The van der Waals surface area contributed by atoms with Gasteiger partial charge in [0.15, 0.2) is 6.10 Å². The van der Waals surface area contributed by atoms with E-state index < -0.39 is 35.3 Å². The van der Waals surface area contributed by atoms with Crippen molar-refractivity contribution in [3.63, 3.8) is 0 Å². The highest BCUT2D eigenvalue weighted by Crippen LogP contribution is 2.63. The Labute approximate surface area is 246 Å². The van der Waals surface area contributed by atoms with Crippen LogP contribution in [-0.4, -0.2) is 56.8 Å².